The minimum absolute atomic E-state index is 0.0664. The maximum Gasteiger partial charge on any atom is 0.185 e. The summed E-state index contributed by atoms with van der Waals surface area (Å²) in [6.45, 7) is 0. The van der Waals surface area contributed by atoms with Gasteiger partial charge >= 0.3 is 0 Å². The predicted molar refractivity (Wildman–Crippen MR) is 154 cm³/mol. The van der Waals surface area contributed by atoms with Gasteiger partial charge in [0, 0.05) is 22.3 Å². The summed E-state index contributed by atoms with van der Waals surface area (Å²) in [6, 6.07) is 30.0. The number of ketones is 1. The van der Waals surface area contributed by atoms with Crippen molar-refractivity contribution in [2.45, 2.75) is 5.41 Å². The lowest BCUT2D eigenvalue weighted by atomic mass is 9.69. The summed E-state index contributed by atoms with van der Waals surface area (Å²) >= 11 is 0. The molecule has 2 heterocycles. The highest BCUT2D eigenvalue weighted by Gasteiger charge is 2.52. The molecule has 0 amide bonds. The van der Waals surface area contributed by atoms with E-state index < -0.39 is 5.41 Å². The molecule has 1 unspecified atom stereocenters. The third-order valence-corrected chi connectivity index (χ3v) is 7.89. The molecule has 1 atom stereocenters. The van der Waals surface area contributed by atoms with Crippen molar-refractivity contribution >= 4 is 5.78 Å². The molecule has 1 aromatic heterocycles. The summed E-state index contributed by atoms with van der Waals surface area (Å²) in [5, 5.41) is 0. The molecule has 6 heteroatoms. The first kappa shape index (κ1) is 24.0. The number of allylic oxidation sites excluding steroid dienone is 2. The summed E-state index contributed by atoms with van der Waals surface area (Å²) in [5.74, 6) is 2.55. The summed E-state index contributed by atoms with van der Waals surface area (Å²) in [6.07, 6.45) is 3.60. The van der Waals surface area contributed by atoms with Crippen LogP contribution in [0.5, 0.6) is 17.2 Å². The average molecular weight is 527 g/mol. The second-order valence-corrected chi connectivity index (χ2v) is 9.81. The monoisotopic (exact) mass is 526 g/mol. The third-order valence-electron chi connectivity index (χ3n) is 7.89. The number of benzene rings is 4. The van der Waals surface area contributed by atoms with Crippen molar-refractivity contribution in [3.05, 3.63) is 126 Å². The molecular weight excluding hydrogens is 500 g/mol. The fourth-order valence-corrected chi connectivity index (χ4v) is 6.16. The van der Waals surface area contributed by atoms with Gasteiger partial charge in [0.2, 0.25) is 0 Å². The van der Waals surface area contributed by atoms with E-state index in [0.29, 0.717) is 22.8 Å². The minimum atomic E-state index is -0.941. The number of carbonyl (C=O) groups excluding carboxylic acids is 1. The van der Waals surface area contributed by atoms with Crippen molar-refractivity contribution in [1.29, 1.82) is 0 Å². The van der Waals surface area contributed by atoms with Crippen LogP contribution < -0.4 is 14.2 Å². The van der Waals surface area contributed by atoms with E-state index in [4.69, 9.17) is 19.2 Å². The van der Waals surface area contributed by atoms with Gasteiger partial charge in [-0.25, -0.2) is 4.98 Å². The van der Waals surface area contributed by atoms with Crippen LogP contribution in [0.15, 0.2) is 103 Å². The Hall–Kier alpha value is -5.10. The van der Waals surface area contributed by atoms with Crippen LogP contribution in [0, 0.1) is 0 Å². The Balaban J connectivity index is 1.69. The number of hydrogen-bond acceptors (Lipinski definition) is 5. The molecular formula is C34H26N2O4. The Labute approximate surface area is 232 Å². The molecule has 0 bridgehead atoms. The number of imidazole rings is 1. The van der Waals surface area contributed by atoms with Gasteiger partial charge in [0.05, 0.1) is 38.4 Å². The van der Waals surface area contributed by atoms with Gasteiger partial charge in [-0.05, 0) is 42.0 Å². The molecule has 5 aromatic rings. The van der Waals surface area contributed by atoms with E-state index in [1.54, 1.807) is 27.4 Å². The molecule has 2 aliphatic rings. The number of ether oxygens (including phenoxy) is 3. The van der Waals surface area contributed by atoms with Crippen molar-refractivity contribution in [2.75, 3.05) is 21.3 Å². The van der Waals surface area contributed by atoms with Crippen LogP contribution in [-0.4, -0.2) is 36.7 Å². The van der Waals surface area contributed by atoms with Crippen LogP contribution in [0.3, 0.4) is 0 Å². The predicted octanol–water partition coefficient (Wildman–Crippen LogP) is 6.63. The number of methoxy groups -OCH3 is 3. The van der Waals surface area contributed by atoms with Gasteiger partial charge in [-0.2, -0.15) is 0 Å². The fraction of sp³-hybridized carbons (Fsp3) is 0.118. The zero-order valence-electron chi connectivity index (χ0n) is 22.3. The standard InChI is InChI=1S/C34H26N2O4/c1-38-23-14-15-24-25(20-23)34(19-18-27(24)37)29-26(16-17-28(39-2)32(29)40-3)36-31(22-12-8-5-9-13-22)30(35-33(34)36)21-10-6-4-7-11-21/h4-20H,1-3H3. The first-order valence-electron chi connectivity index (χ1n) is 13.0. The molecule has 1 aliphatic carbocycles. The maximum atomic E-state index is 13.2. The Morgan fingerprint density at radius 1 is 0.775 bits per heavy atom. The zero-order chi connectivity index (χ0) is 27.4. The van der Waals surface area contributed by atoms with E-state index in [-0.39, 0.29) is 5.78 Å². The Kier molecular flexibility index (Phi) is 5.39. The van der Waals surface area contributed by atoms with Crippen LogP contribution in [0.4, 0.5) is 0 Å². The van der Waals surface area contributed by atoms with Crippen molar-refractivity contribution in [3.63, 3.8) is 0 Å². The molecule has 1 spiro atoms. The molecule has 0 saturated heterocycles. The van der Waals surface area contributed by atoms with Crippen molar-refractivity contribution in [2.24, 2.45) is 0 Å². The normalized spacial score (nSPS) is 16.4. The third kappa shape index (κ3) is 3.16. The van der Waals surface area contributed by atoms with Crippen LogP contribution >= 0.6 is 0 Å². The van der Waals surface area contributed by atoms with E-state index in [2.05, 4.69) is 28.8 Å². The molecule has 4 aromatic carbocycles. The van der Waals surface area contributed by atoms with Crippen molar-refractivity contribution < 1.29 is 19.0 Å². The Bertz CT molecular complexity index is 1820. The molecule has 7 rings (SSSR count). The molecule has 6 nitrogen and oxygen atoms in total. The number of carbonyl (C=O) groups is 1. The van der Waals surface area contributed by atoms with E-state index in [1.165, 1.54) is 0 Å². The van der Waals surface area contributed by atoms with Gasteiger partial charge in [0.15, 0.2) is 17.3 Å². The number of nitrogens with zero attached hydrogens (tertiary/aromatic N) is 2. The zero-order valence-corrected chi connectivity index (χ0v) is 22.3. The lowest BCUT2D eigenvalue weighted by molar-refractivity contribution is 0.104. The minimum Gasteiger partial charge on any atom is -0.497 e. The van der Waals surface area contributed by atoms with Crippen LogP contribution in [0.25, 0.3) is 28.2 Å². The average Bonchev–Trinajstić information content (AvgIpc) is 3.53. The fourth-order valence-electron chi connectivity index (χ4n) is 6.16. The number of fused-ring (bicyclic) bond motifs is 7. The first-order valence-corrected chi connectivity index (χ1v) is 13.0. The summed E-state index contributed by atoms with van der Waals surface area (Å²) in [5.41, 5.74) is 6.07. The molecule has 0 N–H and O–H groups in total. The smallest absolute Gasteiger partial charge is 0.185 e. The second-order valence-electron chi connectivity index (χ2n) is 9.81. The SMILES string of the molecule is COc1ccc2c(c1)C1(C=CC2=O)c2c(ccc(OC)c2OC)-n2c1nc(-c1ccccc1)c2-c1ccccc1. The van der Waals surface area contributed by atoms with E-state index >= 15 is 0 Å². The van der Waals surface area contributed by atoms with Gasteiger partial charge < -0.3 is 14.2 Å². The van der Waals surface area contributed by atoms with Gasteiger partial charge in [0.1, 0.15) is 17.0 Å². The first-order chi connectivity index (χ1) is 19.6. The summed E-state index contributed by atoms with van der Waals surface area (Å²) in [4.78, 5) is 18.6. The van der Waals surface area contributed by atoms with Crippen molar-refractivity contribution in [1.82, 2.24) is 9.55 Å². The molecule has 0 saturated carbocycles. The quantitative estimate of drug-likeness (QED) is 0.257. The van der Waals surface area contributed by atoms with Crippen LogP contribution in [-0.2, 0) is 5.41 Å². The lowest BCUT2D eigenvalue weighted by Gasteiger charge is -2.32. The van der Waals surface area contributed by atoms with E-state index in [0.717, 1.165) is 45.2 Å². The van der Waals surface area contributed by atoms with Gasteiger partial charge in [-0.15, -0.1) is 0 Å². The highest BCUT2D eigenvalue weighted by molar-refractivity contribution is 6.09. The summed E-state index contributed by atoms with van der Waals surface area (Å²) in [7, 11) is 4.90. The molecule has 40 heavy (non-hydrogen) atoms. The highest BCUT2D eigenvalue weighted by Crippen LogP contribution is 2.58. The maximum absolute atomic E-state index is 13.2. The Morgan fingerprint density at radius 3 is 2.17 bits per heavy atom. The van der Waals surface area contributed by atoms with Crippen LogP contribution in [0.2, 0.25) is 0 Å². The van der Waals surface area contributed by atoms with E-state index in [9.17, 15) is 4.79 Å². The van der Waals surface area contributed by atoms with Gasteiger partial charge in [-0.1, -0.05) is 66.7 Å². The Morgan fingerprint density at radius 2 is 1.50 bits per heavy atom. The number of hydrogen-bond donors (Lipinski definition) is 0. The van der Waals surface area contributed by atoms with Gasteiger partial charge in [0.25, 0.3) is 0 Å². The summed E-state index contributed by atoms with van der Waals surface area (Å²) < 4.78 is 19.7. The number of rotatable bonds is 5. The largest absolute Gasteiger partial charge is 0.497 e. The molecule has 196 valence electrons. The molecule has 0 fully saturated rings. The number of aromatic nitrogens is 2. The van der Waals surface area contributed by atoms with Crippen LogP contribution in [0.1, 0.15) is 27.3 Å². The van der Waals surface area contributed by atoms with Crippen molar-refractivity contribution in [3.8, 4) is 45.5 Å². The molecule has 1 aliphatic heterocycles. The highest BCUT2D eigenvalue weighted by atomic mass is 16.5. The second kappa shape index (κ2) is 8.99. The molecule has 0 radical (unpaired) electrons. The van der Waals surface area contributed by atoms with E-state index in [1.807, 2.05) is 72.8 Å². The lowest BCUT2D eigenvalue weighted by Crippen LogP contribution is -2.31. The topological polar surface area (TPSA) is 62.6 Å². The van der Waals surface area contributed by atoms with Gasteiger partial charge in [-0.3, -0.25) is 9.36 Å².